The van der Waals surface area contributed by atoms with Crippen molar-refractivity contribution < 1.29 is 14.3 Å². The van der Waals surface area contributed by atoms with Crippen LogP contribution in [0.2, 0.25) is 0 Å². The summed E-state index contributed by atoms with van der Waals surface area (Å²) >= 11 is 7.19. The molecule has 0 aromatic carbocycles. The van der Waals surface area contributed by atoms with Crippen LogP contribution in [-0.4, -0.2) is 36.2 Å². The summed E-state index contributed by atoms with van der Waals surface area (Å²) in [5.41, 5.74) is 1.04. The Morgan fingerprint density at radius 2 is 2.27 bits per heavy atom. The van der Waals surface area contributed by atoms with E-state index in [2.05, 4.69) is 4.74 Å². The van der Waals surface area contributed by atoms with Gasteiger partial charge >= 0.3 is 5.97 Å². The first-order chi connectivity index (χ1) is 7.20. The number of alkyl halides is 1. The van der Waals surface area contributed by atoms with Gasteiger partial charge in [-0.1, -0.05) is 0 Å². The average Bonchev–Trinajstić information content (AvgIpc) is 2.30. The molecule has 0 atom stereocenters. The number of halogens is 1. The highest BCUT2D eigenvalue weighted by Gasteiger charge is 2.23. The van der Waals surface area contributed by atoms with Crippen molar-refractivity contribution in [2.45, 2.75) is 12.8 Å². The monoisotopic (exact) mass is 248 g/mol. The number of carbonyl (C=O) groups excluding carboxylic acids is 2. The van der Waals surface area contributed by atoms with Crippen LogP contribution in [0, 0.1) is 0 Å². The molecule has 0 N–H and O–H groups in total. The minimum Gasteiger partial charge on any atom is -0.465 e. The summed E-state index contributed by atoms with van der Waals surface area (Å²) in [7, 11) is 1.28. The number of hydrogen-bond acceptors (Lipinski definition) is 4. The molecule has 1 fully saturated rings. The Balaban J connectivity index is 2.96. The summed E-state index contributed by atoms with van der Waals surface area (Å²) in [6.45, 7) is 0. The Morgan fingerprint density at radius 3 is 2.73 bits per heavy atom. The molecular formula is C10H13ClO3S. The summed E-state index contributed by atoms with van der Waals surface area (Å²) in [6.07, 6.45) is 1.79. The van der Waals surface area contributed by atoms with Crippen molar-refractivity contribution in [1.29, 1.82) is 0 Å². The van der Waals surface area contributed by atoms with Crippen molar-refractivity contribution in [2.24, 2.45) is 0 Å². The Hall–Kier alpha value is -0.480. The van der Waals surface area contributed by atoms with Crippen LogP contribution in [0.4, 0.5) is 0 Å². The van der Waals surface area contributed by atoms with Gasteiger partial charge in [0.05, 0.1) is 13.0 Å². The quantitative estimate of drug-likeness (QED) is 0.251. The molecule has 0 unspecified atom stereocenters. The second-order valence-electron chi connectivity index (χ2n) is 3.18. The van der Waals surface area contributed by atoms with Crippen molar-refractivity contribution in [3.8, 4) is 0 Å². The Morgan fingerprint density at radius 1 is 1.53 bits per heavy atom. The van der Waals surface area contributed by atoms with Crippen LogP contribution in [-0.2, 0) is 14.3 Å². The average molecular weight is 249 g/mol. The molecule has 0 spiro atoms. The number of thioether (sulfide) groups is 1. The first-order valence-electron chi connectivity index (χ1n) is 4.68. The molecule has 0 bridgehead atoms. The van der Waals surface area contributed by atoms with E-state index in [1.807, 2.05) is 0 Å². The van der Waals surface area contributed by atoms with E-state index in [1.165, 1.54) is 7.11 Å². The van der Waals surface area contributed by atoms with Gasteiger partial charge in [0.2, 0.25) is 0 Å². The van der Waals surface area contributed by atoms with Crippen LogP contribution in [0.5, 0.6) is 0 Å². The lowest BCUT2D eigenvalue weighted by atomic mass is 10.0. The Kier molecular flexibility index (Phi) is 5.19. The van der Waals surface area contributed by atoms with Crippen LogP contribution < -0.4 is 0 Å². The molecule has 0 aromatic heterocycles. The minimum atomic E-state index is -0.557. The van der Waals surface area contributed by atoms with Crippen LogP contribution in [0.3, 0.4) is 0 Å². The van der Waals surface area contributed by atoms with E-state index >= 15 is 0 Å². The summed E-state index contributed by atoms with van der Waals surface area (Å²) in [6, 6.07) is 0. The highest BCUT2D eigenvalue weighted by Crippen LogP contribution is 2.25. The first-order valence-corrected chi connectivity index (χ1v) is 6.37. The van der Waals surface area contributed by atoms with Crippen molar-refractivity contribution in [3.05, 3.63) is 11.1 Å². The maximum absolute atomic E-state index is 11.5. The maximum Gasteiger partial charge on any atom is 0.341 e. The zero-order valence-corrected chi connectivity index (χ0v) is 10.1. The molecule has 0 amide bonds. The lowest BCUT2D eigenvalue weighted by molar-refractivity contribution is -0.137. The van der Waals surface area contributed by atoms with Crippen LogP contribution >= 0.6 is 23.4 Å². The van der Waals surface area contributed by atoms with E-state index < -0.39 is 5.97 Å². The van der Waals surface area contributed by atoms with Crippen molar-refractivity contribution in [3.63, 3.8) is 0 Å². The number of ether oxygens (including phenoxy) is 1. The van der Waals surface area contributed by atoms with E-state index in [9.17, 15) is 9.59 Å². The van der Waals surface area contributed by atoms with Gasteiger partial charge in [0.25, 0.3) is 0 Å². The fourth-order valence-electron chi connectivity index (χ4n) is 1.48. The number of ketones is 1. The predicted octanol–water partition coefficient (Wildman–Crippen LogP) is 1.79. The third-order valence-corrected chi connectivity index (χ3v) is 3.56. The lowest BCUT2D eigenvalue weighted by Gasteiger charge is -2.16. The van der Waals surface area contributed by atoms with E-state index in [0.29, 0.717) is 0 Å². The number of Topliss-reactive ketones (excluding diaryl/α,β-unsaturated/α-hetero) is 1. The molecule has 1 aliphatic heterocycles. The van der Waals surface area contributed by atoms with Crippen molar-refractivity contribution in [1.82, 2.24) is 0 Å². The van der Waals surface area contributed by atoms with Crippen molar-refractivity contribution in [2.75, 3.05) is 24.5 Å². The van der Waals surface area contributed by atoms with Gasteiger partial charge in [-0.2, -0.15) is 11.8 Å². The summed E-state index contributed by atoms with van der Waals surface area (Å²) < 4.78 is 4.60. The molecule has 0 saturated carbocycles. The molecule has 0 aliphatic carbocycles. The summed E-state index contributed by atoms with van der Waals surface area (Å²) in [5, 5.41) is 0. The van der Waals surface area contributed by atoms with Gasteiger partial charge < -0.3 is 4.74 Å². The van der Waals surface area contributed by atoms with Crippen LogP contribution in [0.1, 0.15) is 12.8 Å². The van der Waals surface area contributed by atoms with Crippen LogP contribution in [0.25, 0.3) is 0 Å². The number of esters is 1. The highest BCUT2D eigenvalue weighted by atomic mass is 35.5. The zero-order valence-electron chi connectivity index (χ0n) is 8.55. The van der Waals surface area contributed by atoms with Gasteiger partial charge in [0.15, 0.2) is 5.78 Å². The van der Waals surface area contributed by atoms with Gasteiger partial charge in [0, 0.05) is 5.75 Å². The largest absolute Gasteiger partial charge is 0.465 e. The molecule has 0 radical (unpaired) electrons. The number of hydrogen-bond donors (Lipinski definition) is 0. The van der Waals surface area contributed by atoms with Gasteiger partial charge in [0.1, 0.15) is 5.57 Å². The van der Waals surface area contributed by atoms with Crippen molar-refractivity contribution >= 4 is 35.1 Å². The normalized spacial score (nSPS) is 19.6. The minimum absolute atomic E-state index is 0.166. The van der Waals surface area contributed by atoms with Gasteiger partial charge in [-0.05, 0) is 24.2 Å². The molecule has 3 nitrogen and oxygen atoms in total. The Labute approximate surface area is 98.2 Å². The lowest BCUT2D eigenvalue weighted by Crippen LogP contribution is -2.20. The summed E-state index contributed by atoms with van der Waals surface area (Å²) in [5.74, 6) is 0.748. The molecule has 0 aromatic rings. The van der Waals surface area contributed by atoms with E-state index in [1.54, 1.807) is 11.8 Å². The van der Waals surface area contributed by atoms with E-state index in [-0.39, 0.29) is 17.2 Å². The predicted molar refractivity (Wildman–Crippen MR) is 61.3 cm³/mol. The summed E-state index contributed by atoms with van der Waals surface area (Å²) in [4.78, 5) is 23.0. The number of rotatable bonds is 3. The number of carbonyl (C=O) groups is 2. The molecule has 1 aliphatic rings. The smallest absolute Gasteiger partial charge is 0.341 e. The Bertz CT molecular complexity index is 273. The second-order valence-corrected chi connectivity index (χ2v) is 4.56. The molecule has 1 rings (SSSR count). The fraction of sp³-hybridized carbons (Fsp3) is 0.600. The van der Waals surface area contributed by atoms with E-state index in [4.69, 9.17) is 11.6 Å². The molecule has 84 valence electrons. The number of methoxy groups -OCH3 is 1. The van der Waals surface area contributed by atoms with Crippen LogP contribution in [0.15, 0.2) is 11.1 Å². The fourth-order valence-corrected chi connectivity index (χ4v) is 2.64. The third-order valence-electron chi connectivity index (χ3n) is 2.19. The standard InChI is InChI=1S/C10H13ClO3S/c1-14-10(13)9(8(12)5-11)7-3-2-4-15-6-7/h2-6H2,1H3. The zero-order chi connectivity index (χ0) is 11.3. The second kappa shape index (κ2) is 6.18. The highest BCUT2D eigenvalue weighted by molar-refractivity contribution is 7.99. The molecular weight excluding hydrogens is 236 g/mol. The molecule has 15 heavy (non-hydrogen) atoms. The topological polar surface area (TPSA) is 43.4 Å². The van der Waals surface area contributed by atoms with Gasteiger partial charge in [-0.25, -0.2) is 4.79 Å². The maximum atomic E-state index is 11.5. The van der Waals surface area contributed by atoms with Gasteiger partial charge in [-0.15, -0.1) is 11.6 Å². The molecule has 5 heteroatoms. The molecule has 1 saturated heterocycles. The SMILES string of the molecule is COC(=O)C(C(=O)CCl)=C1CCCSC1. The molecule has 1 heterocycles. The third kappa shape index (κ3) is 3.24. The first kappa shape index (κ1) is 12.6. The van der Waals surface area contributed by atoms with Gasteiger partial charge in [-0.3, -0.25) is 4.79 Å². The van der Waals surface area contributed by atoms with E-state index in [0.717, 1.165) is 29.9 Å².